The average molecular weight is 279 g/mol. The number of benzene rings is 1. The molecule has 2 rings (SSSR count). The molecule has 4 nitrogen and oxygen atoms in total. The van der Waals surface area contributed by atoms with Crippen molar-refractivity contribution in [2.24, 2.45) is 5.92 Å². The largest absolute Gasteiger partial charge is 0.352 e. The molecule has 1 N–H and O–H groups in total. The highest BCUT2D eigenvalue weighted by molar-refractivity contribution is 7.91. The molecule has 0 spiro atoms. The summed E-state index contributed by atoms with van der Waals surface area (Å²) in [5.41, 5.74) is 1.07. The van der Waals surface area contributed by atoms with Gasteiger partial charge in [-0.05, 0) is 12.0 Å². The predicted octanol–water partition coefficient (Wildman–Crippen LogP) is 1.25. The second-order valence-electron chi connectivity index (χ2n) is 4.66. The molecule has 0 saturated carbocycles. The fourth-order valence-corrected chi connectivity index (χ4v) is 3.81. The molecule has 0 aromatic heterocycles. The van der Waals surface area contributed by atoms with Crippen LogP contribution in [0, 0.1) is 5.92 Å². The number of nitrogens with one attached hydrogen (secondary N) is 1. The molecule has 0 unspecified atom stereocenters. The van der Waals surface area contributed by atoms with Gasteiger partial charge >= 0.3 is 0 Å². The number of amides is 1. The third-order valence-electron chi connectivity index (χ3n) is 3.11. The maximum absolute atomic E-state index is 11.7. The molecule has 1 amide bonds. The van der Waals surface area contributed by atoms with Crippen molar-refractivity contribution in [2.75, 3.05) is 18.1 Å². The molecule has 1 saturated heterocycles. The number of rotatable bonds is 4. The Morgan fingerprint density at radius 2 is 2.05 bits per heavy atom. The van der Waals surface area contributed by atoms with Crippen molar-refractivity contribution in [3.05, 3.63) is 42.0 Å². The van der Waals surface area contributed by atoms with Crippen LogP contribution in [0.25, 0.3) is 6.08 Å². The molecule has 0 bridgehead atoms. The summed E-state index contributed by atoms with van der Waals surface area (Å²) in [6, 6.07) is 9.78. The molecule has 102 valence electrons. The second-order valence-corrected chi connectivity index (χ2v) is 6.89. The van der Waals surface area contributed by atoms with Crippen LogP contribution in [0.15, 0.2) is 36.4 Å². The van der Waals surface area contributed by atoms with E-state index < -0.39 is 9.84 Å². The summed E-state index contributed by atoms with van der Waals surface area (Å²) >= 11 is 0. The molecule has 0 aliphatic carbocycles. The summed E-state index contributed by atoms with van der Waals surface area (Å²) in [7, 11) is -2.99. The van der Waals surface area contributed by atoms with Crippen LogP contribution in [0.4, 0.5) is 0 Å². The van der Waals surface area contributed by atoms with Gasteiger partial charge in [0.1, 0.15) is 0 Å². The summed E-state index contributed by atoms with van der Waals surface area (Å²) in [5, 5.41) is 2.74. The Kier molecular flexibility index (Phi) is 4.37. The summed E-state index contributed by atoms with van der Waals surface area (Å²) in [6.07, 6.45) is 4.22. The van der Waals surface area contributed by atoms with Gasteiger partial charge in [-0.1, -0.05) is 42.5 Å². The zero-order valence-corrected chi connectivity index (χ0v) is 11.4. The van der Waals surface area contributed by atoms with E-state index in [0.29, 0.717) is 13.0 Å². The lowest BCUT2D eigenvalue weighted by Gasteiger charge is -2.06. The maximum atomic E-state index is 11.7. The monoisotopic (exact) mass is 279 g/mol. The first-order valence-electron chi connectivity index (χ1n) is 6.26. The molecule has 1 aliphatic heterocycles. The molecule has 0 radical (unpaired) electrons. The fraction of sp³-hybridized carbons (Fsp3) is 0.357. The highest BCUT2D eigenvalue weighted by atomic mass is 32.2. The molecular weight excluding hydrogens is 262 g/mol. The van der Waals surface area contributed by atoms with E-state index in [0.717, 1.165) is 5.56 Å². The van der Waals surface area contributed by atoms with E-state index in [2.05, 4.69) is 5.32 Å². The smallest absolute Gasteiger partial charge is 0.224 e. The van der Waals surface area contributed by atoms with E-state index in [9.17, 15) is 13.2 Å². The topological polar surface area (TPSA) is 63.2 Å². The quantitative estimate of drug-likeness (QED) is 0.902. The first-order valence-corrected chi connectivity index (χ1v) is 8.09. The summed E-state index contributed by atoms with van der Waals surface area (Å²) in [4.78, 5) is 11.7. The predicted molar refractivity (Wildman–Crippen MR) is 75.2 cm³/mol. The van der Waals surface area contributed by atoms with Crippen molar-refractivity contribution in [1.82, 2.24) is 5.32 Å². The van der Waals surface area contributed by atoms with Crippen LogP contribution in [0.1, 0.15) is 12.0 Å². The summed E-state index contributed by atoms with van der Waals surface area (Å²) < 4.78 is 22.5. The van der Waals surface area contributed by atoms with Gasteiger partial charge in [-0.25, -0.2) is 8.42 Å². The number of hydrogen-bond donors (Lipinski definition) is 1. The van der Waals surface area contributed by atoms with Crippen molar-refractivity contribution in [2.45, 2.75) is 6.42 Å². The minimum atomic E-state index is -2.99. The first-order chi connectivity index (χ1) is 9.07. The number of carbonyl (C=O) groups is 1. The van der Waals surface area contributed by atoms with Crippen molar-refractivity contribution >= 4 is 21.8 Å². The average Bonchev–Trinajstić information content (AvgIpc) is 2.76. The Hall–Kier alpha value is -1.62. The molecule has 19 heavy (non-hydrogen) atoms. The number of hydrogen-bond acceptors (Lipinski definition) is 3. The molecule has 1 aromatic carbocycles. The van der Waals surface area contributed by atoms with Gasteiger partial charge in [-0.3, -0.25) is 4.79 Å². The molecule has 1 fully saturated rings. The lowest BCUT2D eigenvalue weighted by Crippen LogP contribution is -2.31. The third-order valence-corrected chi connectivity index (χ3v) is 4.88. The van der Waals surface area contributed by atoms with Crippen LogP contribution in [-0.2, 0) is 14.6 Å². The molecule has 1 heterocycles. The Morgan fingerprint density at radius 3 is 2.68 bits per heavy atom. The minimum absolute atomic E-state index is 0.0127. The lowest BCUT2D eigenvalue weighted by atomic mass is 10.1. The molecule has 5 heteroatoms. The Bertz CT molecular complexity index is 564. The van der Waals surface area contributed by atoms with Gasteiger partial charge in [-0.2, -0.15) is 0 Å². The fourth-order valence-electron chi connectivity index (χ4n) is 2.06. The van der Waals surface area contributed by atoms with Crippen molar-refractivity contribution in [3.8, 4) is 0 Å². The molecule has 1 aromatic rings. The molecular formula is C14H17NO3S. The Labute approximate surface area is 113 Å². The zero-order valence-electron chi connectivity index (χ0n) is 10.6. The highest BCUT2D eigenvalue weighted by Gasteiger charge is 2.32. The minimum Gasteiger partial charge on any atom is -0.352 e. The maximum Gasteiger partial charge on any atom is 0.224 e. The van der Waals surface area contributed by atoms with E-state index in [1.54, 1.807) is 0 Å². The summed E-state index contributed by atoms with van der Waals surface area (Å²) in [6.45, 7) is 0.421. The first kappa shape index (κ1) is 13.8. The third kappa shape index (κ3) is 4.21. The van der Waals surface area contributed by atoms with Gasteiger partial charge in [0.2, 0.25) is 5.91 Å². The van der Waals surface area contributed by atoms with Gasteiger partial charge in [0.25, 0.3) is 0 Å². The summed E-state index contributed by atoms with van der Waals surface area (Å²) in [5.74, 6) is -0.430. The van der Waals surface area contributed by atoms with Crippen LogP contribution >= 0.6 is 0 Å². The molecule has 1 aliphatic rings. The van der Waals surface area contributed by atoms with Crippen molar-refractivity contribution in [3.63, 3.8) is 0 Å². The second kappa shape index (κ2) is 6.02. The number of sulfone groups is 1. The van der Waals surface area contributed by atoms with Crippen LogP contribution < -0.4 is 5.32 Å². The van der Waals surface area contributed by atoms with Crippen LogP contribution in [0.3, 0.4) is 0 Å². The van der Waals surface area contributed by atoms with Crippen LogP contribution in [0.5, 0.6) is 0 Å². The van der Waals surface area contributed by atoms with E-state index >= 15 is 0 Å². The van der Waals surface area contributed by atoms with Gasteiger partial charge in [0.05, 0.1) is 17.4 Å². The van der Waals surface area contributed by atoms with Crippen molar-refractivity contribution < 1.29 is 13.2 Å². The van der Waals surface area contributed by atoms with Gasteiger partial charge < -0.3 is 5.32 Å². The van der Waals surface area contributed by atoms with Gasteiger partial charge in [-0.15, -0.1) is 0 Å². The van der Waals surface area contributed by atoms with E-state index in [1.807, 2.05) is 42.5 Å². The van der Waals surface area contributed by atoms with Gasteiger partial charge in [0.15, 0.2) is 9.84 Å². The normalized spacial score (nSPS) is 21.6. The van der Waals surface area contributed by atoms with Crippen LogP contribution in [-0.4, -0.2) is 32.4 Å². The van der Waals surface area contributed by atoms with Crippen LogP contribution in [0.2, 0.25) is 0 Å². The Balaban J connectivity index is 1.77. The zero-order chi connectivity index (χ0) is 13.7. The van der Waals surface area contributed by atoms with E-state index in [1.165, 1.54) is 0 Å². The van der Waals surface area contributed by atoms with Crippen molar-refractivity contribution in [1.29, 1.82) is 0 Å². The van der Waals surface area contributed by atoms with Gasteiger partial charge in [0, 0.05) is 6.54 Å². The SMILES string of the molecule is O=C(NC/C=C/c1ccccc1)[C@@H]1CCS(=O)(=O)C1. The lowest BCUT2D eigenvalue weighted by molar-refractivity contribution is -0.124. The molecule has 1 atom stereocenters. The van der Waals surface area contributed by atoms with E-state index in [-0.39, 0.29) is 23.3 Å². The number of carbonyl (C=O) groups excluding carboxylic acids is 1. The standard InChI is InChI=1S/C14H17NO3S/c16-14(13-8-10-19(17,18)11-13)15-9-4-7-12-5-2-1-3-6-12/h1-7,13H,8-11H2,(H,15,16)/b7-4+/t13-/m1/s1. The highest BCUT2D eigenvalue weighted by Crippen LogP contribution is 2.18. The van der Waals surface area contributed by atoms with E-state index in [4.69, 9.17) is 0 Å². The Morgan fingerprint density at radius 1 is 1.32 bits per heavy atom.